The van der Waals surface area contributed by atoms with Gasteiger partial charge in [-0.15, -0.1) is 24.8 Å². The second-order valence-corrected chi connectivity index (χ2v) is 29.7. The van der Waals surface area contributed by atoms with Gasteiger partial charge in [0.15, 0.2) is 0 Å². The normalized spacial score (nSPS) is 16.9. The molecule has 3 heteroatoms. The molecule has 232 valence electrons. The first-order valence-corrected chi connectivity index (χ1v) is 23.0. The Morgan fingerprint density at radius 3 is 1.93 bits per heavy atom. The summed E-state index contributed by atoms with van der Waals surface area (Å²) in [5.41, 5.74) is 12.0. The standard InChI is InChI=1S/C21H25.C10H15.C6H5.C2H5.CH2.2ClH.Zr/c1-20(2,3)16-9-7-14-11-15-8-10-17(21(4,5)6)13-19(15)18(14)12-16;1-7(2)10-6-8(3)5-9(10)4;1-2-4-6-5-3-1;1-2;;;;/h7,9-10,12-13H,11H2,1-6H3;6-8H,1-4H3;1-5H;1H2,2H3;1H2;2*1H;. The molecule has 43 heavy (non-hydrogen) atoms. The molecule has 0 saturated carbocycles. The molecular weight excluding hydrogens is 643 g/mol. The van der Waals surface area contributed by atoms with Crippen LogP contribution in [-0.2, 0) is 35.5 Å². The van der Waals surface area contributed by atoms with Gasteiger partial charge < -0.3 is 0 Å². The quantitative estimate of drug-likeness (QED) is 0.195. The van der Waals surface area contributed by atoms with E-state index >= 15 is 0 Å². The number of benzene rings is 3. The Kier molecular flexibility index (Phi) is 10.0. The molecule has 0 amide bonds. The number of rotatable bonds is 5. The molecular formula is C40H54Cl2Zr. The Morgan fingerprint density at radius 2 is 1.42 bits per heavy atom. The molecule has 0 aromatic heterocycles. The molecule has 0 aliphatic heterocycles. The predicted molar refractivity (Wildman–Crippen MR) is 195 cm³/mol. The van der Waals surface area contributed by atoms with Crippen molar-refractivity contribution in [1.82, 2.24) is 0 Å². The first-order chi connectivity index (χ1) is 19.0. The molecule has 0 radical (unpaired) electrons. The van der Waals surface area contributed by atoms with Gasteiger partial charge in [-0.2, -0.15) is 0 Å². The molecule has 0 nitrogen and oxygen atoms in total. The van der Waals surface area contributed by atoms with Crippen LogP contribution in [-0.4, -0.2) is 4.21 Å². The number of fused-ring (bicyclic) bond motifs is 3. The van der Waals surface area contributed by atoms with Crippen LogP contribution in [0.3, 0.4) is 0 Å². The first kappa shape index (κ1) is 35.9. The molecule has 3 aromatic carbocycles. The summed E-state index contributed by atoms with van der Waals surface area (Å²) in [6, 6.07) is 24.0. The molecule has 5 rings (SSSR count). The second kappa shape index (κ2) is 12.0. The van der Waals surface area contributed by atoms with Crippen molar-refractivity contribution in [2.24, 2.45) is 11.8 Å². The van der Waals surface area contributed by atoms with E-state index in [0.717, 1.165) is 10.5 Å². The molecule has 0 bridgehead atoms. The van der Waals surface area contributed by atoms with Crippen LogP contribution in [0, 0.1) is 11.8 Å². The van der Waals surface area contributed by atoms with E-state index in [4.69, 9.17) is 4.21 Å². The van der Waals surface area contributed by atoms with E-state index in [9.17, 15) is 0 Å². The van der Waals surface area contributed by atoms with Crippen LogP contribution in [0.5, 0.6) is 0 Å². The summed E-state index contributed by atoms with van der Waals surface area (Å²) in [7, 11) is 0. The monoisotopic (exact) mass is 694 g/mol. The van der Waals surface area contributed by atoms with Gasteiger partial charge in [-0.25, -0.2) is 0 Å². The van der Waals surface area contributed by atoms with Gasteiger partial charge in [0.1, 0.15) is 0 Å². The van der Waals surface area contributed by atoms with Crippen LogP contribution in [0.2, 0.25) is 4.13 Å². The van der Waals surface area contributed by atoms with E-state index in [0.29, 0.717) is 11.8 Å². The average Bonchev–Trinajstić information content (AvgIpc) is 3.43. The summed E-state index contributed by atoms with van der Waals surface area (Å²) >= 11 is -4.42. The van der Waals surface area contributed by atoms with Crippen LogP contribution >= 0.6 is 24.8 Å². The van der Waals surface area contributed by atoms with Crippen LogP contribution in [0.4, 0.5) is 0 Å². The molecule has 0 saturated heterocycles. The van der Waals surface area contributed by atoms with Crippen molar-refractivity contribution in [3.63, 3.8) is 0 Å². The number of allylic oxidation sites excluding steroid dienone is 4. The van der Waals surface area contributed by atoms with Crippen molar-refractivity contribution in [3.05, 3.63) is 103 Å². The maximum atomic E-state index is 5.68. The van der Waals surface area contributed by atoms with Crippen LogP contribution in [0.1, 0.15) is 98.4 Å². The number of halogens is 2. The fraction of sp³-hybridized carbons (Fsp3) is 0.425. The molecule has 0 spiro atoms. The minimum atomic E-state index is -4.42. The summed E-state index contributed by atoms with van der Waals surface area (Å²) in [5.74, 6) is 0.919. The zero-order valence-electron chi connectivity index (χ0n) is 28.4. The average molecular weight is 697 g/mol. The summed E-state index contributed by atoms with van der Waals surface area (Å²) < 4.78 is 11.6. The maximum absolute atomic E-state index is 5.68. The third-order valence-corrected chi connectivity index (χ3v) is 28.3. The van der Waals surface area contributed by atoms with Gasteiger partial charge in [-0.05, 0) is 0 Å². The van der Waals surface area contributed by atoms with Crippen molar-refractivity contribution >= 4 is 35.6 Å². The Labute approximate surface area is 275 Å². The fourth-order valence-corrected chi connectivity index (χ4v) is 24.8. The van der Waals surface area contributed by atoms with Crippen molar-refractivity contribution in [1.29, 1.82) is 0 Å². The van der Waals surface area contributed by atoms with Gasteiger partial charge in [0, 0.05) is 0 Å². The van der Waals surface area contributed by atoms with Gasteiger partial charge in [-0.3, -0.25) is 0 Å². The molecule has 2 aliphatic carbocycles. The first-order valence-electron chi connectivity index (χ1n) is 15.9. The molecule has 0 fully saturated rings. The molecule has 2 aliphatic rings. The molecule has 0 heterocycles. The fourth-order valence-electron chi connectivity index (χ4n) is 8.20. The Bertz CT molecular complexity index is 1650. The van der Waals surface area contributed by atoms with E-state index < -0.39 is 18.3 Å². The van der Waals surface area contributed by atoms with Crippen molar-refractivity contribution < 1.29 is 18.3 Å². The van der Waals surface area contributed by atoms with E-state index in [-0.39, 0.29) is 35.6 Å². The predicted octanol–water partition coefficient (Wildman–Crippen LogP) is 10.7. The number of hydrogen-bond acceptors (Lipinski definition) is 0. The van der Waals surface area contributed by atoms with Gasteiger partial charge in [0.2, 0.25) is 0 Å². The van der Waals surface area contributed by atoms with Crippen molar-refractivity contribution in [3.8, 4) is 11.1 Å². The molecule has 1 unspecified atom stereocenters. The topological polar surface area (TPSA) is 0 Å². The van der Waals surface area contributed by atoms with Gasteiger partial charge >= 0.3 is 253 Å². The summed E-state index contributed by atoms with van der Waals surface area (Å²) in [6.45, 7) is 26.2. The Hall–Kier alpha value is -1.53. The third kappa shape index (κ3) is 5.60. The third-order valence-electron chi connectivity index (χ3n) is 10.6. The zero-order valence-corrected chi connectivity index (χ0v) is 32.5. The zero-order chi connectivity index (χ0) is 30.1. The van der Waals surface area contributed by atoms with E-state index in [1.54, 1.807) is 12.1 Å². The van der Waals surface area contributed by atoms with Crippen molar-refractivity contribution in [2.75, 3.05) is 0 Å². The number of hydrogen-bond donors (Lipinski definition) is 0. The summed E-state index contributed by atoms with van der Waals surface area (Å²) in [6.07, 6.45) is 3.58. The van der Waals surface area contributed by atoms with E-state index in [1.807, 2.05) is 0 Å². The molecule has 3 aromatic rings. The Morgan fingerprint density at radius 1 is 0.837 bits per heavy atom. The van der Waals surface area contributed by atoms with Crippen LogP contribution in [0.15, 0.2) is 81.2 Å². The minimum absolute atomic E-state index is 0. The van der Waals surface area contributed by atoms with Crippen LogP contribution < -0.4 is 6.54 Å². The molecule has 1 atom stereocenters. The second-order valence-electron chi connectivity index (χ2n) is 15.6. The SMILES string of the molecule is Cl.Cl.[CH2]=[Zr]([CH2]C)([C]1=C(C)C(C(C)C)=CC1C)([c]1ccccc1)[c]1cc(C(C)(C)C)cc2c1Cc1ccc(C(C)(C)C)cc1-2. The van der Waals surface area contributed by atoms with Crippen LogP contribution in [0.25, 0.3) is 11.1 Å². The van der Waals surface area contributed by atoms with E-state index in [1.165, 1.54) is 42.2 Å². The summed E-state index contributed by atoms with van der Waals surface area (Å²) in [5, 5.41) is 0. The van der Waals surface area contributed by atoms with Crippen molar-refractivity contribution in [2.45, 2.75) is 97.5 Å². The summed E-state index contributed by atoms with van der Waals surface area (Å²) in [4.78, 5) is 0. The van der Waals surface area contributed by atoms with Gasteiger partial charge in [-0.1, -0.05) is 0 Å². The van der Waals surface area contributed by atoms with Gasteiger partial charge in [0.05, 0.1) is 0 Å². The van der Waals surface area contributed by atoms with Gasteiger partial charge in [0.25, 0.3) is 0 Å². The Balaban J connectivity index is 0.00000253. The van der Waals surface area contributed by atoms with E-state index in [2.05, 4.69) is 143 Å². The molecule has 0 N–H and O–H groups in total.